The molecule has 0 spiro atoms. The Kier molecular flexibility index (Phi) is 5.71. The molecule has 0 atom stereocenters. The minimum Gasteiger partial charge on any atom is -0.484 e. The van der Waals surface area contributed by atoms with Crippen LogP contribution in [0.5, 0.6) is 5.75 Å². The summed E-state index contributed by atoms with van der Waals surface area (Å²) < 4.78 is 12.4. The molecule has 6 nitrogen and oxygen atoms in total. The number of nitrogens with one attached hydrogen (secondary N) is 1. The molecule has 27 heavy (non-hydrogen) atoms. The molecule has 0 bridgehead atoms. The van der Waals surface area contributed by atoms with Crippen LogP contribution in [0, 0.1) is 25.6 Å². The number of benzene rings is 2. The van der Waals surface area contributed by atoms with Gasteiger partial charge in [0.15, 0.2) is 6.61 Å². The van der Waals surface area contributed by atoms with Crippen LogP contribution in [-0.4, -0.2) is 15.7 Å². The van der Waals surface area contributed by atoms with E-state index in [1.54, 1.807) is 0 Å². The van der Waals surface area contributed by atoms with Gasteiger partial charge in [-0.05, 0) is 56.8 Å². The Balaban J connectivity index is 1.61. The summed E-state index contributed by atoms with van der Waals surface area (Å²) in [5.74, 6) is 0.807. The predicted molar refractivity (Wildman–Crippen MR) is 105 cm³/mol. The average molecular weight is 383 g/mol. The number of anilines is 1. The number of aryl methyl sites for hydroxylation is 3. The van der Waals surface area contributed by atoms with Crippen LogP contribution in [-0.2, 0) is 17.9 Å². The van der Waals surface area contributed by atoms with Crippen LogP contribution in [0.3, 0.4) is 0 Å². The van der Waals surface area contributed by atoms with Gasteiger partial charge in [-0.1, -0.05) is 35.4 Å². The Hall–Kier alpha value is -2.93. The quantitative estimate of drug-likeness (QED) is 0.641. The first-order valence-electron chi connectivity index (χ1n) is 8.54. The molecule has 0 fully saturated rings. The third kappa shape index (κ3) is 5.04. The molecular formula is C20H21N3O3S. The molecule has 1 heterocycles. The summed E-state index contributed by atoms with van der Waals surface area (Å²) >= 11 is 5.15. The summed E-state index contributed by atoms with van der Waals surface area (Å²) in [5.41, 5.74) is 4.06. The number of carbonyl (C=O) groups excluding carboxylic acids is 1. The van der Waals surface area contributed by atoms with Gasteiger partial charge in [0.25, 0.3) is 10.7 Å². The Labute approximate surface area is 162 Å². The van der Waals surface area contributed by atoms with E-state index in [-0.39, 0.29) is 23.9 Å². The average Bonchev–Trinajstić information content (AvgIpc) is 2.96. The zero-order chi connectivity index (χ0) is 19.4. The van der Waals surface area contributed by atoms with E-state index in [9.17, 15) is 4.79 Å². The van der Waals surface area contributed by atoms with Crippen LogP contribution in [0.15, 0.2) is 46.9 Å². The fourth-order valence-electron chi connectivity index (χ4n) is 2.57. The molecular weight excluding hydrogens is 362 g/mol. The van der Waals surface area contributed by atoms with Crippen molar-refractivity contribution in [1.29, 1.82) is 0 Å². The number of hydrogen-bond acceptors (Lipinski definition) is 5. The van der Waals surface area contributed by atoms with Crippen molar-refractivity contribution >= 4 is 23.8 Å². The van der Waals surface area contributed by atoms with Gasteiger partial charge in [-0.25, -0.2) is 4.68 Å². The zero-order valence-corrected chi connectivity index (χ0v) is 16.3. The second kappa shape index (κ2) is 8.18. The largest absolute Gasteiger partial charge is 0.484 e. The number of hydrogen-bond donors (Lipinski definition) is 1. The summed E-state index contributed by atoms with van der Waals surface area (Å²) in [6.07, 6.45) is 0. The molecule has 0 saturated heterocycles. The van der Waals surface area contributed by atoms with E-state index in [2.05, 4.69) is 10.4 Å². The monoisotopic (exact) mass is 383 g/mol. The topological polar surface area (TPSA) is 69.3 Å². The van der Waals surface area contributed by atoms with Crippen LogP contribution < -0.4 is 10.1 Å². The number of nitrogens with zero attached hydrogens (tertiary/aromatic N) is 2. The molecule has 3 rings (SSSR count). The van der Waals surface area contributed by atoms with Gasteiger partial charge in [0, 0.05) is 5.69 Å². The number of amides is 1. The highest BCUT2D eigenvalue weighted by atomic mass is 32.1. The van der Waals surface area contributed by atoms with Crippen LogP contribution >= 0.6 is 12.2 Å². The first-order valence-corrected chi connectivity index (χ1v) is 8.95. The highest BCUT2D eigenvalue weighted by Gasteiger charge is 2.11. The van der Waals surface area contributed by atoms with Gasteiger partial charge in [-0.3, -0.25) is 4.79 Å². The zero-order valence-electron chi connectivity index (χ0n) is 15.5. The van der Waals surface area contributed by atoms with Crippen molar-refractivity contribution in [2.24, 2.45) is 0 Å². The summed E-state index contributed by atoms with van der Waals surface area (Å²) in [7, 11) is 0. The van der Waals surface area contributed by atoms with Gasteiger partial charge in [-0.2, -0.15) is 0 Å². The third-order valence-corrected chi connectivity index (χ3v) is 4.27. The predicted octanol–water partition coefficient (Wildman–Crippen LogP) is 4.35. The Bertz CT molecular complexity index is 1010. The maximum Gasteiger partial charge on any atom is 0.287 e. The molecule has 0 unspecified atom stereocenters. The summed E-state index contributed by atoms with van der Waals surface area (Å²) in [6.45, 7) is 6.07. The van der Waals surface area contributed by atoms with Crippen molar-refractivity contribution in [3.05, 3.63) is 69.9 Å². The van der Waals surface area contributed by atoms with E-state index >= 15 is 0 Å². The van der Waals surface area contributed by atoms with E-state index in [1.165, 1.54) is 4.68 Å². The molecule has 0 radical (unpaired) electrons. The molecule has 1 N–H and O–H groups in total. The van der Waals surface area contributed by atoms with Gasteiger partial charge in [-0.15, -0.1) is 5.10 Å². The Morgan fingerprint density at radius 1 is 1.15 bits per heavy atom. The highest BCUT2D eigenvalue weighted by molar-refractivity contribution is 7.71. The van der Waals surface area contributed by atoms with E-state index in [4.69, 9.17) is 21.4 Å². The van der Waals surface area contributed by atoms with Crippen molar-refractivity contribution < 1.29 is 13.9 Å². The maximum atomic E-state index is 12.3. The number of ether oxygens (including phenoxy) is 1. The van der Waals surface area contributed by atoms with Crippen LogP contribution in [0.4, 0.5) is 5.69 Å². The molecule has 0 saturated carbocycles. The Morgan fingerprint density at radius 2 is 1.85 bits per heavy atom. The lowest BCUT2D eigenvalue weighted by Crippen LogP contribution is -2.20. The first-order chi connectivity index (χ1) is 12.9. The first kappa shape index (κ1) is 18.8. The molecule has 0 aliphatic heterocycles. The number of aromatic nitrogens is 2. The van der Waals surface area contributed by atoms with Crippen molar-refractivity contribution in [1.82, 2.24) is 9.78 Å². The fourth-order valence-corrected chi connectivity index (χ4v) is 2.77. The van der Waals surface area contributed by atoms with Crippen molar-refractivity contribution in [2.75, 3.05) is 5.32 Å². The lowest BCUT2D eigenvalue weighted by atomic mass is 10.1. The number of carbonyl (C=O) groups is 1. The van der Waals surface area contributed by atoms with E-state index < -0.39 is 0 Å². The highest BCUT2D eigenvalue weighted by Crippen LogP contribution is 2.16. The molecule has 2 aromatic carbocycles. The van der Waals surface area contributed by atoms with E-state index in [1.807, 2.05) is 63.2 Å². The maximum absolute atomic E-state index is 12.3. The SMILES string of the molecule is Cc1ccc(OCc2nn(CC(=O)Nc3ccc(C)cc3C)c(=S)o2)cc1. The molecule has 3 aromatic rings. The minimum atomic E-state index is -0.225. The van der Waals surface area contributed by atoms with Gasteiger partial charge in [0.2, 0.25) is 5.91 Å². The fraction of sp³-hybridized carbons (Fsp3) is 0.250. The lowest BCUT2D eigenvalue weighted by molar-refractivity contribution is -0.117. The lowest BCUT2D eigenvalue weighted by Gasteiger charge is -2.08. The Morgan fingerprint density at radius 3 is 2.56 bits per heavy atom. The second-order valence-electron chi connectivity index (χ2n) is 6.39. The van der Waals surface area contributed by atoms with Gasteiger partial charge < -0.3 is 14.5 Å². The molecule has 7 heteroatoms. The molecule has 1 aromatic heterocycles. The van der Waals surface area contributed by atoms with Crippen LogP contribution in [0.1, 0.15) is 22.6 Å². The third-order valence-electron chi connectivity index (χ3n) is 3.98. The van der Waals surface area contributed by atoms with Crippen LogP contribution in [0.25, 0.3) is 0 Å². The molecule has 0 aliphatic rings. The van der Waals surface area contributed by atoms with E-state index in [0.717, 1.165) is 22.4 Å². The standard InChI is InChI=1S/C20H21N3O3S/c1-13-4-7-16(8-5-13)25-12-19-22-23(20(27)26-19)11-18(24)21-17-9-6-14(2)10-15(17)3/h4-10H,11-12H2,1-3H3,(H,21,24). The van der Waals surface area contributed by atoms with Crippen molar-refractivity contribution in [2.45, 2.75) is 33.9 Å². The molecule has 1 amide bonds. The van der Waals surface area contributed by atoms with Crippen LogP contribution in [0.2, 0.25) is 0 Å². The van der Waals surface area contributed by atoms with Gasteiger partial charge >= 0.3 is 0 Å². The summed E-state index contributed by atoms with van der Waals surface area (Å²) in [5, 5.41) is 7.09. The minimum absolute atomic E-state index is 0.0276. The smallest absolute Gasteiger partial charge is 0.287 e. The van der Waals surface area contributed by atoms with Crippen molar-refractivity contribution in [3.63, 3.8) is 0 Å². The normalized spacial score (nSPS) is 10.6. The van der Waals surface area contributed by atoms with Crippen molar-refractivity contribution in [3.8, 4) is 5.75 Å². The van der Waals surface area contributed by atoms with E-state index in [0.29, 0.717) is 11.6 Å². The number of rotatable bonds is 6. The molecule has 140 valence electrons. The van der Waals surface area contributed by atoms with Gasteiger partial charge in [0.05, 0.1) is 0 Å². The second-order valence-corrected chi connectivity index (χ2v) is 6.74. The molecule has 0 aliphatic carbocycles. The summed E-state index contributed by atoms with van der Waals surface area (Å²) in [6, 6.07) is 13.5. The summed E-state index contributed by atoms with van der Waals surface area (Å²) in [4.78, 5) is 12.4. The van der Waals surface area contributed by atoms with Gasteiger partial charge in [0.1, 0.15) is 12.3 Å².